The summed E-state index contributed by atoms with van der Waals surface area (Å²) in [4.78, 5) is 16.2. The second kappa shape index (κ2) is 7.37. The van der Waals surface area contributed by atoms with Crippen LogP contribution in [-0.2, 0) is 15.0 Å². The fraction of sp³-hybridized carbons (Fsp3) is 0.600. The first kappa shape index (κ1) is 17.8. The molecule has 1 aromatic rings. The average Bonchev–Trinajstić information content (AvgIpc) is 2.47. The first-order valence-corrected chi connectivity index (χ1v) is 9.17. The lowest BCUT2D eigenvalue weighted by molar-refractivity contribution is -0.116. The molecule has 1 fully saturated rings. The maximum Gasteiger partial charge on any atom is 0.282 e. The number of nitrogens with one attached hydrogen (secondary N) is 1. The summed E-state index contributed by atoms with van der Waals surface area (Å²) in [5.41, 5.74) is 0.783. The van der Waals surface area contributed by atoms with Gasteiger partial charge in [0.2, 0.25) is 5.91 Å². The highest BCUT2D eigenvalue weighted by molar-refractivity contribution is 7.86. The summed E-state index contributed by atoms with van der Waals surface area (Å²) in [6.07, 6.45) is 2.75. The van der Waals surface area contributed by atoms with E-state index in [9.17, 15) is 13.2 Å². The van der Waals surface area contributed by atoms with Crippen LogP contribution >= 0.6 is 0 Å². The molecule has 8 heteroatoms. The van der Waals surface area contributed by atoms with E-state index in [4.69, 9.17) is 0 Å². The van der Waals surface area contributed by atoms with Gasteiger partial charge in [-0.1, -0.05) is 12.5 Å². The van der Waals surface area contributed by atoms with Crippen molar-refractivity contribution in [2.45, 2.75) is 39.2 Å². The van der Waals surface area contributed by atoms with Crippen LogP contribution in [0.1, 0.15) is 31.9 Å². The van der Waals surface area contributed by atoms with Crippen LogP contribution in [0.5, 0.6) is 0 Å². The normalized spacial score (nSPS) is 19.7. The number of piperidine rings is 1. The maximum atomic E-state index is 12.6. The summed E-state index contributed by atoms with van der Waals surface area (Å²) in [5.74, 6) is 0.0194. The van der Waals surface area contributed by atoms with Crippen molar-refractivity contribution in [1.82, 2.24) is 13.6 Å². The number of nitrogens with zero attached hydrogens (tertiary/aromatic N) is 3. The Bertz CT molecular complexity index is 662. The first-order valence-electron chi connectivity index (χ1n) is 7.77. The van der Waals surface area contributed by atoms with E-state index in [-0.39, 0.29) is 12.6 Å². The molecule has 0 unspecified atom stereocenters. The highest BCUT2D eigenvalue weighted by Crippen LogP contribution is 2.21. The molecule has 128 valence electrons. The molecule has 1 aliphatic rings. The van der Waals surface area contributed by atoms with Crippen LogP contribution < -0.4 is 5.32 Å². The fourth-order valence-corrected chi connectivity index (χ4v) is 4.23. The van der Waals surface area contributed by atoms with Crippen LogP contribution in [0.15, 0.2) is 18.2 Å². The number of hydrogen-bond acceptors (Lipinski definition) is 4. The molecule has 2 rings (SSSR count). The topological polar surface area (TPSA) is 82.6 Å². The van der Waals surface area contributed by atoms with Crippen LogP contribution in [0.4, 0.5) is 5.82 Å². The molecule has 1 aromatic heterocycles. The number of pyridine rings is 1. The summed E-state index contributed by atoms with van der Waals surface area (Å²) in [7, 11) is -2.19. The lowest BCUT2D eigenvalue weighted by Crippen LogP contribution is -2.50. The number of rotatable bonds is 5. The van der Waals surface area contributed by atoms with Gasteiger partial charge in [0.25, 0.3) is 10.2 Å². The molecule has 1 N–H and O–H groups in total. The third kappa shape index (κ3) is 4.49. The van der Waals surface area contributed by atoms with E-state index >= 15 is 0 Å². The summed E-state index contributed by atoms with van der Waals surface area (Å²) >= 11 is 0. The second-order valence-electron chi connectivity index (χ2n) is 5.93. The number of aromatic nitrogens is 1. The Hall–Kier alpha value is -1.51. The fourth-order valence-electron chi connectivity index (χ4n) is 2.67. The van der Waals surface area contributed by atoms with Crippen LogP contribution in [0.25, 0.3) is 0 Å². The largest absolute Gasteiger partial charge is 0.310 e. The Kier molecular flexibility index (Phi) is 5.72. The van der Waals surface area contributed by atoms with Gasteiger partial charge in [-0.2, -0.15) is 17.0 Å². The summed E-state index contributed by atoms with van der Waals surface area (Å²) in [6, 6.07) is 5.25. The highest BCUT2D eigenvalue weighted by Gasteiger charge is 2.33. The number of amides is 1. The van der Waals surface area contributed by atoms with Gasteiger partial charge >= 0.3 is 0 Å². The van der Waals surface area contributed by atoms with Crippen molar-refractivity contribution in [3.05, 3.63) is 23.9 Å². The Balaban J connectivity index is 1.99. The van der Waals surface area contributed by atoms with Crippen molar-refractivity contribution in [2.75, 3.05) is 25.5 Å². The predicted octanol–water partition coefficient (Wildman–Crippen LogP) is 1.38. The molecule has 1 aliphatic heterocycles. The number of hydrogen-bond donors (Lipinski definition) is 1. The summed E-state index contributed by atoms with van der Waals surface area (Å²) < 4.78 is 27.8. The molecule has 0 aromatic carbocycles. The molecular formula is C15H24N4O3S. The molecule has 0 bridgehead atoms. The molecule has 23 heavy (non-hydrogen) atoms. The van der Waals surface area contributed by atoms with Gasteiger partial charge in [0.1, 0.15) is 5.82 Å². The number of anilines is 1. The quantitative estimate of drug-likeness (QED) is 0.878. The Morgan fingerprint density at radius 3 is 2.83 bits per heavy atom. The van der Waals surface area contributed by atoms with Crippen molar-refractivity contribution < 1.29 is 13.2 Å². The molecule has 7 nitrogen and oxygen atoms in total. The Labute approximate surface area is 137 Å². The summed E-state index contributed by atoms with van der Waals surface area (Å²) in [6.45, 7) is 4.00. The van der Waals surface area contributed by atoms with E-state index in [0.717, 1.165) is 29.3 Å². The van der Waals surface area contributed by atoms with Crippen molar-refractivity contribution in [1.29, 1.82) is 0 Å². The number of carbonyl (C=O) groups is 1. The molecule has 0 spiro atoms. The second-order valence-corrected chi connectivity index (χ2v) is 7.92. The SMILES string of the molecule is Cc1cccc(NC(=O)CN(C)S(=O)(=O)N2CCCC[C@H]2C)n1. The summed E-state index contributed by atoms with van der Waals surface area (Å²) in [5, 5.41) is 2.63. The minimum Gasteiger partial charge on any atom is -0.310 e. The van der Waals surface area contributed by atoms with E-state index < -0.39 is 16.1 Å². The zero-order valence-electron chi connectivity index (χ0n) is 13.8. The monoisotopic (exact) mass is 340 g/mol. The zero-order chi connectivity index (χ0) is 17.0. The van der Waals surface area contributed by atoms with E-state index in [1.54, 1.807) is 12.1 Å². The molecule has 1 atom stereocenters. The molecular weight excluding hydrogens is 316 g/mol. The van der Waals surface area contributed by atoms with E-state index in [1.807, 2.05) is 19.9 Å². The molecule has 0 radical (unpaired) electrons. The van der Waals surface area contributed by atoms with Crippen LogP contribution in [-0.4, -0.2) is 54.1 Å². The minimum atomic E-state index is -3.62. The lowest BCUT2D eigenvalue weighted by Gasteiger charge is -2.34. The Morgan fingerprint density at radius 1 is 1.43 bits per heavy atom. The highest BCUT2D eigenvalue weighted by atomic mass is 32.2. The van der Waals surface area contributed by atoms with Crippen LogP contribution in [0.2, 0.25) is 0 Å². The van der Waals surface area contributed by atoms with Gasteiger partial charge in [-0.3, -0.25) is 4.79 Å². The van der Waals surface area contributed by atoms with Gasteiger partial charge in [-0.15, -0.1) is 0 Å². The van der Waals surface area contributed by atoms with E-state index in [0.29, 0.717) is 12.4 Å². The molecule has 2 heterocycles. The van der Waals surface area contributed by atoms with E-state index in [2.05, 4.69) is 10.3 Å². The molecule has 1 amide bonds. The maximum absolute atomic E-state index is 12.6. The number of aryl methyl sites for hydroxylation is 1. The minimum absolute atomic E-state index is 0.0299. The van der Waals surface area contributed by atoms with Crippen LogP contribution in [0.3, 0.4) is 0 Å². The molecule has 0 saturated carbocycles. The predicted molar refractivity (Wildman–Crippen MR) is 89.2 cm³/mol. The van der Waals surface area contributed by atoms with Crippen molar-refractivity contribution >= 4 is 21.9 Å². The third-order valence-corrected chi connectivity index (χ3v) is 6.01. The number of carbonyl (C=O) groups excluding carboxylic acids is 1. The van der Waals surface area contributed by atoms with Crippen molar-refractivity contribution in [2.24, 2.45) is 0 Å². The van der Waals surface area contributed by atoms with Gasteiger partial charge in [-0.05, 0) is 38.8 Å². The average molecular weight is 340 g/mol. The lowest BCUT2D eigenvalue weighted by atomic mass is 10.1. The smallest absolute Gasteiger partial charge is 0.282 e. The van der Waals surface area contributed by atoms with Gasteiger partial charge in [0, 0.05) is 25.3 Å². The Morgan fingerprint density at radius 2 is 2.17 bits per heavy atom. The van der Waals surface area contributed by atoms with Gasteiger partial charge in [-0.25, -0.2) is 4.98 Å². The first-order chi connectivity index (χ1) is 10.8. The van der Waals surface area contributed by atoms with Gasteiger partial charge in [0.05, 0.1) is 6.54 Å². The standard InChI is InChI=1S/C15H24N4O3S/c1-12-7-6-9-14(16-12)17-15(20)11-18(3)23(21,22)19-10-5-4-8-13(19)2/h6-7,9,13H,4-5,8,10-11H2,1-3H3,(H,16,17,20)/t13-/m1/s1. The van der Waals surface area contributed by atoms with E-state index in [1.165, 1.54) is 11.4 Å². The van der Waals surface area contributed by atoms with Crippen molar-refractivity contribution in [3.8, 4) is 0 Å². The van der Waals surface area contributed by atoms with Crippen molar-refractivity contribution in [3.63, 3.8) is 0 Å². The number of likely N-dealkylation sites (N-methyl/N-ethyl adjacent to an activating group) is 1. The van der Waals surface area contributed by atoms with Crippen LogP contribution in [0, 0.1) is 6.92 Å². The molecule has 0 aliphatic carbocycles. The molecule has 1 saturated heterocycles. The van der Waals surface area contributed by atoms with Gasteiger partial charge < -0.3 is 5.32 Å². The zero-order valence-corrected chi connectivity index (χ0v) is 14.6. The van der Waals surface area contributed by atoms with Gasteiger partial charge in [0.15, 0.2) is 0 Å². The third-order valence-electron chi connectivity index (χ3n) is 3.95.